The third-order valence-corrected chi connectivity index (χ3v) is 3.87. The lowest BCUT2D eigenvalue weighted by atomic mass is 9.84. The van der Waals surface area contributed by atoms with Gasteiger partial charge in [0.25, 0.3) is 0 Å². The summed E-state index contributed by atoms with van der Waals surface area (Å²) in [7, 11) is 1.70. The van der Waals surface area contributed by atoms with Crippen molar-refractivity contribution in [3.8, 4) is 0 Å². The normalized spacial score (nSPS) is 27.2. The van der Waals surface area contributed by atoms with E-state index in [1.807, 2.05) is 0 Å². The van der Waals surface area contributed by atoms with Gasteiger partial charge in [0.1, 0.15) is 11.8 Å². The first kappa shape index (κ1) is 15.3. The van der Waals surface area contributed by atoms with E-state index in [0.717, 1.165) is 25.7 Å². The minimum Gasteiger partial charge on any atom is -0.387 e. The molecule has 1 aliphatic carbocycles. The molecule has 1 aliphatic rings. The lowest BCUT2D eigenvalue weighted by Gasteiger charge is -2.38. The first-order chi connectivity index (χ1) is 8.23. The van der Waals surface area contributed by atoms with E-state index >= 15 is 0 Å². The van der Waals surface area contributed by atoms with Gasteiger partial charge in [-0.25, -0.2) is 0 Å². The molecule has 18 heavy (non-hydrogen) atoms. The molecule has 106 valence electrons. The molecule has 0 radical (unpaired) electrons. The van der Waals surface area contributed by atoms with Gasteiger partial charge in [-0.15, -0.1) is 0 Å². The molecule has 6 heteroatoms. The minimum absolute atomic E-state index is 0.169. The molecule has 0 heterocycles. The van der Waals surface area contributed by atoms with Gasteiger partial charge in [0.2, 0.25) is 0 Å². The Kier molecular flexibility index (Phi) is 5.01. The molecule has 0 aliphatic heterocycles. The average Bonchev–Trinajstić information content (AvgIpc) is 2.24. The number of nitrogens with zero attached hydrogens (tertiary/aromatic N) is 1. The standard InChI is InChI=1S/C12H22F3N3/c1-8-5-3-4-6-10(8)18(2)7-9(11(16)17)12(13,14)15/h8-10H,3-7H2,1-2H3,(H3,16,17). The number of amidine groups is 1. The van der Waals surface area contributed by atoms with E-state index < -0.39 is 17.9 Å². The summed E-state index contributed by atoms with van der Waals surface area (Å²) in [6.07, 6.45) is -0.221. The maximum atomic E-state index is 12.7. The monoisotopic (exact) mass is 265 g/mol. The van der Waals surface area contributed by atoms with Crippen molar-refractivity contribution in [1.29, 1.82) is 5.41 Å². The Morgan fingerprint density at radius 1 is 1.39 bits per heavy atom. The largest absolute Gasteiger partial charge is 0.399 e. The van der Waals surface area contributed by atoms with Crippen molar-refractivity contribution in [1.82, 2.24) is 4.90 Å². The van der Waals surface area contributed by atoms with Gasteiger partial charge in [-0.3, -0.25) is 5.41 Å². The zero-order valence-corrected chi connectivity index (χ0v) is 10.9. The number of halogens is 3. The molecule has 3 N–H and O–H groups in total. The zero-order valence-electron chi connectivity index (χ0n) is 10.9. The Morgan fingerprint density at radius 3 is 2.39 bits per heavy atom. The highest BCUT2D eigenvalue weighted by atomic mass is 19.4. The van der Waals surface area contributed by atoms with Crippen LogP contribution in [0.25, 0.3) is 0 Å². The lowest BCUT2D eigenvalue weighted by Crippen LogP contribution is -2.48. The smallest absolute Gasteiger partial charge is 0.387 e. The molecule has 3 unspecified atom stereocenters. The molecule has 3 nitrogen and oxygen atoms in total. The first-order valence-electron chi connectivity index (χ1n) is 6.34. The molecule has 1 saturated carbocycles. The number of rotatable bonds is 4. The maximum absolute atomic E-state index is 12.7. The molecule has 0 saturated heterocycles. The van der Waals surface area contributed by atoms with Gasteiger partial charge in [0.05, 0.1) is 0 Å². The van der Waals surface area contributed by atoms with E-state index in [0.29, 0.717) is 5.92 Å². The molecule has 0 aromatic carbocycles. The van der Waals surface area contributed by atoms with Crippen LogP contribution in [0.15, 0.2) is 0 Å². The predicted octanol–water partition coefficient (Wildman–Crippen LogP) is 2.61. The molecule has 0 aromatic heterocycles. The highest BCUT2D eigenvalue weighted by Crippen LogP contribution is 2.31. The van der Waals surface area contributed by atoms with E-state index in [-0.39, 0.29) is 12.6 Å². The third-order valence-electron chi connectivity index (χ3n) is 3.87. The Labute approximate surface area is 106 Å². The van der Waals surface area contributed by atoms with Gasteiger partial charge < -0.3 is 10.6 Å². The van der Waals surface area contributed by atoms with Gasteiger partial charge in [-0.1, -0.05) is 19.8 Å². The summed E-state index contributed by atoms with van der Waals surface area (Å²) in [6.45, 7) is 1.87. The summed E-state index contributed by atoms with van der Waals surface area (Å²) in [5.41, 5.74) is 5.07. The van der Waals surface area contributed by atoms with Gasteiger partial charge in [0, 0.05) is 12.6 Å². The molecular weight excluding hydrogens is 243 g/mol. The Balaban J connectivity index is 2.66. The number of hydrogen-bond acceptors (Lipinski definition) is 2. The maximum Gasteiger partial charge on any atom is 0.399 e. The van der Waals surface area contributed by atoms with Gasteiger partial charge >= 0.3 is 6.18 Å². The third kappa shape index (κ3) is 3.86. The van der Waals surface area contributed by atoms with Crippen LogP contribution in [0.1, 0.15) is 32.6 Å². The van der Waals surface area contributed by atoms with E-state index in [9.17, 15) is 13.2 Å². The van der Waals surface area contributed by atoms with Crippen LogP contribution in [0.4, 0.5) is 13.2 Å². The Morgan fingerprint density at radius 2 is 1.94 bits per heavy atom. The second-order valence-corrected chi connectivity index (χ2v) is 5.32. The molecule has 0 amide bonds. The van der Waals surface area contributed by atoms with E-state index in [4.69, 9.17) is 11.1 Å². The molecular formula is C12H22F3N3. The Bertz CT molecular complexity index is 291. The fourth-order valence-corrected chi connectivity index (χ4v) is 2.75. The number of alkyl halides is 3. The van der Waals surface area contributed by atoms with Gasteiger partial charge in [-0.2, -0.15) is 13.2 Å². The zero-order chi connectivity index (χ0) is 13.9. The molecule has 0 spiro atoms. The molecule has 1 rings (SSSR count). The van der Waals surface area contributed by atoms with Crippen LogP contribution in [-0.2, 0) is 0 Å². The fourth-order valence-electron chi connectivity index (χ4n) is 2.75. The molecule has 0 bridgehead atoms. The van der Waals surface area contributed by atoms with Crippen LogP contribution < -0.4 is 5.73 Å². The minimum atomic E-state index is -4.43. The van der Waals surface area contributed by atoms with Crippen LogP contribution in [0.5, 0.6) is 0 Å². The summed E-state index contributed by atoms with van der Waals surface area (Å²) in [4.78, 5) is 1.73. The number of hydrogen-bond donors (Lipinski definition) is 2. The summed E-state index contributed by atoms with van der Waals surface area (Å²) < 4.78 is 38.2. The van der Waals surface area contributed by atoms with Crippen molar-refractivity contribution in [2.24, 2.45) is 17.6 Å². The topological polar surface area (TPSA) is 53.1 Å². The Hall–Kier alpha value is -0.780. The van der Waals surface area contributed by atoms with Crippen LogP contribution in [-0.4, -0.2) is 36.5 Å². The highest BCUT2D eigenvalue weighted by Gasteiger charge is 2.43. The first-order valence-corrected chi connectivity index (χ1v) is 6.34. The molecule has 0 aromatic rings. The van der Waals surface area contributed by atoms with E-state index in [1.165, 1.54) is 0 Å². The highest BCUT2D eigenvalue weighted by molar-refractivity contribution is 5.80. The molecule has 1 fully saturated rings. The fraction of sp³-hybridized carbons (Fsp3) is 0.917. The number of nitrogens with two attached hydrogens (primary N) is 1. The summed E-state index contributed by atoms with van der Waals surface area (Å²) in [6, 6.07) is 0.169. The molecule has 3 atom stereocenters. The van der Waals surface area contributed by atoms with Gasteiger partial charge in [-0.05, 0) is 25.8 Å². The summed E-state index contributed by atoms with van der Waals surface area (Å²) >= 11 is 0. The van der Waals surface area contributed by atoms with Crippen molar-refractivity contribution >= 4 is 5.84 Å². The second kappa shape index (κ2) is 5.91. The van der Waals surface area contributed by atoms with E-state index in [2.05, 4.69) is 6.92 Å². The SMILES string of the molecule is CC1CCCCC1N(C)CC(C(=N)N)C(F)(F)F. The van der Waals surface area contributed by atoms with Crippen molar-refractivity contribution in [3.05, 3.63) is 0 Å². The van der Waals surface area contributed by atoms with Crippen molar-refractivity contribution in [3.63, 3.8) is 0 Å². The quantitative estimate of drug-likeness (QED) is 0.606. The van der Waals surface area contributed by atoms with Crippen molar-refractivity contribution in [2.75, 3.05) is 13.6 Å². The summed E-state index contributed by atoms with van der Waals surface area (Å²) in [5, 5.41) is 7.10. The van der Waals surface area contributed by atoms with E-state index in [1.54, 1.807) is 11.9 Å². The number of nitrogens with one attached hydrogen (secondary N) is 1. The predicted molar refractivity (Wildman–Crippen MR) is 65.5 cm³/mol. The van der Waals surface area contributed by atoms with Crippen LogP contribution in [0.3, 0.4) is 0 Å². The van der Waals surface area contributed by atoms with Crippen molar-refractivity contribution in [2.45, 2.75) is 44.8 Å². The lowest BCUT2D eigenvalue weighted by molar-refractivity contribution is -0.161. The summed E-state index contributed by atoms with van der Waals surface area (Å²) in [5.74, 6) is -2.24. The van der Waals surface area contributed by atoms with Crippen LogP contribution in [0, 0.1) is 17.2 Å². The second-order valence-electron chi connectivity index (χ2n) is 5.32. The van der Waals surface area contributed by atoms with Gasteiger partial charge in [0.15, 0.2) is 0 Å². The average molecular weight is 265 g/mol. The van der Waals surface area contributed by atoms with Crippen LogP contribution in [0.2, 0.25) is 0 Å². The van der Waals surface area contributed by atoms with Crippen LogP contribution >= 0.6 is 0 Å². The van der Waals surface area contributed by atoms with Crippen molar-refractivity contribution < 1.29 is 13.2 Å².